The van der Waals surface area contributed by atoms with Crippen LogP contribution in [-0.4, -0.2) is 4.57 Å². The second-order valence-electron chi connectivity index (χ2n) is 14.1. The summed E-state index contributed by atoms with van der Waals surface area (Å²) in [5.74, 6) is 0. The molecule has 3 heteroatoms. The Balaban J connectivity index is 1.15. The molecule has 0 unspecified atom stereocenters. The number of para-hydroxylation sites is 3. The highest BCUT2D eigenvalue weighted by molar-refractivity contribution is 7.25. The van der Waals surface area contributed by atoms with Crippen LogP contribution in [0.4, 0.5) is 17.1 Å². The molecule has 0 atom stereocenters. The van der Waals surface area contributed by atoms with E-state index in [1.807, 2.05) is 11.3 Å². The summed E-state index contributed by atoms with van der Waals surface area (Å²) in [4.78, 5) is 2.45. The Hall–Kier alpha value is -6.94. The van der Waals surface area contributed by atoms with Gasteiger partial charge in [-0.05, 0) is 94.2 Å². The third-order valence-corrected chi connectivity index (χ3v) is 12.1. The molecule has 0 saturated carbocycles. The summed E-state index contributed by atoms with van der Waals surface area (Å²) < 4.78 is 5.01. The van der Waals surface area contributed by atoms with Gasteiger partial charge in [-0.25, -0.2) is 0 Å². The molecule has 0 aliphatic rings. The monoisotopic (exact) mass is 718 g/mol. The Morgan fingerprint density at radius 3 is 1.82 bits per heavy atom. The number of benzene rings is 9. The molecule has 55 heavy (non-hydrogen) atoms. The number of fused-ring (bicyclic) bond motifs is 7. The van der Waals surface area contributed by atoms with Crippen molar-refractivity contribution in [3.05, 3.63) is 206 Å². The van der Waals surface area contributed by atoms with Gasteiger partial charge >= 0.3 is 0 Å². The summed E-state index contributed by atoms with van der Waals surface area (Å²) in [5, 5.41) is 7.60. The summed E-state index contributed by atoms with van der Waals surface area (Å²) in [6.07, 6.45) is 0. The van der Waals surface area contributed by atoms with Crippen LogP contribution in [0.3, 0.4) is 0 Å². The van der Waals surface area contributed by atoms with Gasteiger partial charge in [-0.15, -0.1) is 11.3 Å². The van der Waals surface area contributed by atoms with Crippen molar-refractivity contribution in [2.45, 2.75) is 0 Å². The van der Waals surface area contributed by atoms with Gasteiger partial charge in [0.1, 0.15) is 0 Å². The molecule has 0 aliphatic heterocycles. The average molecular weight is 719 g/mol. The second-order valence-corrected chi connectivity index (χ2v) is 15.2. The molecule has 0 spiro atoms. The minimum absolute atomic E-state index is 1.09. The van der Waals surface area contributed by atoms with E-state index in [1.54, 1.807) is 0 Å². The number of anilines is 3. The van der Waals surface area contributed by atoms with E-state index in [1.165, 1.54) is 75.0 Å². The van der Waals surface area contributed by atoms with Crippen LogP contribution >= 0.6 is 11.3 Å². The summed E-state index contributed by atoms with van der Waals surface area (Å²) in [6, 6.07) is 75.3. The van der Waals surface area contributed by atoms with Gasteiger partial charge in [0, 0.05) is 53.6 Å². The predicted molar refractivity (Wildman–Crippen MR) is 237 cm³/mol. The first-order valence-electron chi connectivity index (χ1n) is 18.8. The Kier molecular flexibility index (Phi) is 7.39. The van der Waals surface area contributed by atoms with E-state index in [0.717, 1.165) is 22.7 Å². The van der Waals surface area contributed by atoms with Crippen LogP contribution in [-0.2, 0) is 0 Å². The maximum atomic E-state index is 2.45. The van der Waals surface area contributed by atoms with E-state index in [-0.39, 0.29) is 0 Å². The maximum Gasteiger partial charge on any atom is 0.0541 e. The van der Waals surface area contributed by atoms with Crippen molar-refractivity contribution in [2.75, 3.05) is 4.90 Å². The van der Waals surface area contributed by atoms with Crippen LogP contribution in [0.25, 0.3) is 80.7 Å². The van der Waals surface area contributed by atoms with Crippen LogP contribution < -0.4 is 4.90 Å². The molecule has 9 aromatic carbocycles. The highest BCUT2D eigenvalue weighted by atomic mass is 32.1. The first-order chi connectivity index (χ1) is 27.3. The molecule has 0 saturated heterocycles. The third kappa shape index (κ3) is 5.24. The Bertz CT molecular complexity index is 3190. The van der Waals surface area contributed by atoms with E-state index >= 15 is 0 Å². The fraction of sp³-hybridized carbons (Fsp3) is 0. The number of aromatic nitrogens is 1. The van der Waals surface area contributed by atoms with Gasteiger partial charge in [0.25, 0.3) is 0 Å². The van der Waals surface area contributed by atoms with Crippen LogP contribution in [0, 0.1) is 0 Å². The van der Waals surface area contributed by atoms with Gasteiger partial charge in [-0.3, -0.25) is 0 Å². The van der Waals surface area contributed by atoms with Crippen molar-refractivity contribution >= 4 is 81.1 Å². The minimum Gasteiger partial charge on any atom is -0.310 e. The molecular formula is C52H34N2S. The Morgan fingerprint density at radius 2 is 0.982 bits per heavy atom. The number of hydrogen-bond donors (Lipinski definition) is 0. The number of nitrogens with zero attached hydrogens (tertiary/aromatic N) is 2. The molecular weight excluding hydrogens is 685 g/mol. The topological polar surface area (TPSA) is 8.17 Å². The van der Waals surface area contributed by atoms with Crippen molar-refractivity contribution in [1.29, 1.82) is 0 Å². The molecule has 11 rings (SSSR count). The standard InChI is InChI=1S/C52H34N2S/c1-2-15-36-32-38(31-30-35(36)14-1)37-16-11-17-39(33-37)53(40-18-12-19-41(34-40)54-48-26-8-3-20-42(48)43-21-4-9-27-49(43)54)47-25-7-5-22-44(47)45-24-13-29-51-52(45)46-23-6-10-28-50(46)55-51/h1-34H. The molecule has 2 aromatic heterocycles. The molecule has 0 amide bonds. The van der Waals surface area contributed by atoms with E-state index < -0.39 is 0 Å². The van der Waals surface area contributed by atoms with Gasteiger partial charge in [0.2, 0.25) is 0 Å². The zero-order valence-electron chi connectivity index (χ0n) is 29.9. The van der Waals surface area contributed by atoms with Gasteiger partial charge in [-0.2, -0.15) is 0 Å². The van der Waals surface area contributed by atoms with Crippen molar-refractivity contribution in [1.82, 2.24) is 4.57 Å². The van der Waals surface area contributed by atoms with E-state index in [9.17, 15) is 0 Å². The molecule has 0 N–H and O–H groups in total. The highest BCUT2D eigenvalue weighted by Crippen LogP contribution is 2.47. The summed E-state index contributed by atoms with van der Waals surface area (Å²) in [5.41, 5.74) is 11.6. The van der Waals surface area contributed by atoms with Crippen molar-refractivity contribution < 1.29 is 0 Å². The lowest BCUT2D eigenvalue weighted by molar-refractivity contribution is 1.17. The van der Waals surface area contributed by atoms with Gasteiger partial charge in [-0.1, -0.05) is 140 Å². The predicted octanol–water partition coefficient (Wildman–Crippen LogP) is 15.1. The Morgan fingerprint density at radius 1 is 0.382 bits per heavy atom. The molecule has 0 aliphatic carbocycles. The molecule has 0 bridgehead atoms. The minimum atomic E-state index is 1.09. The van der Waals surface area contributed by atoms with E-state index in [4.69, 9.17) is 0 Å². The summed E-state index contributed by atoms with van der Waals surface area (Å²) in [7, 11) is 0. The lowest BCUT2D eigenvalue weighted by Crippen LogP contribution is -2.12. The normalized spacial score (nSPS) is 11.6. The van der Waals surface area contributed by atoms with Gasteiger partial charge in [0.05, 0.1) is 16.7 Å². The number of rotatable bonds is 6. The Labute approximate surface area is 323 Å². The fourth-order valence-electron chi connectivity index (χ4n) is 8.49. The molecule has 2 heterocycles. The zero-order chi connectivity index (χ0) is 36.3. The lowest BCUT2D eigenvalue weighted by atomic mass is 9.96. The van der Waals surface area contributed by atoms with Crippen molar-refractivity contribution in [3.8, 4) is 27.9 Å². The highest BCUT2D eigenvalue weighted by Gasteiger charge is 2.21. The quantitative estimate of drug-likeness (QED) is 0.166. The van der Waals surface area contributed by atoms with Crippen molar-refractivity contribution in [2.24, 2.45) is 0 Å². The van der Waals surface area contributed by atoms with E-state index in [2.05, 4.69) is 216 Å². The van der Waals surface area contributed by atoms with Crippen LogP contribution in [0.5, 0.6) is 0 Å². The molecule has 11 aromatic rings. The largest absolute Gasteiger partial charge is 0.310 e. The molecule has 258 valence electrons. The smallest absolute Gasteiger partial charge is 0.0541 e. The van der Waals surface area contributed by atoms with E-state index in [0.29, 0.717) is 0 Å². The third-order valence-electron chi connectivity index (χ3n) is 11.0. The molecule has 0 radical (unpaired) electrons. The summed E-state index contributed by atoms with van der Waals surface area (Å²) >= 11 is 1.86. The molecule has 2 nitrogen and oxygen atoms in total. The first kappa shape index (κ1) is 31.6. The van der Waals surface area contributed by atoms with Crippen LogP contribution in [0.2, 0.25) is 0 Å². The first-order valence-corrected chi connectivity index (χ1v) is 19.6. The number of thiophene rings is 1. The van der Waals surface area contributed by atoms with Crippen molar-refractivity contribution in [3.63, 3.8) is 0 Å². The lowest BCUT2D eigenvalue weighted by Gasteiger charge is -2.29. The maximum absolute atomic E-state index is 2.45. The summed E-state index contributed by atoms with van der Waals surface area (Å²) in [6.45, 7) is 0. The SMILES string of the molecule is c1cc(-c2ccc3ccccc3c2)cc(N(c2cccc(-n3c4ccccc4c4ccccc43)c2)c2ccccc2-c2cccc3sc4ccccc4c23)c1. The van der Waals surface area contributed by atoms with Crippen LogP contribution in [0.1, 0.15) is 0 Å². The fourth-order valence-corrected chi connectivity index (χ4v) is 9.62. The second kappa shape index (κ2) is 12.9. The number of hydrogen-bond acceptors (Lipinski definition) is 2. The van der Waals surface area contributed by atoms with Gasteiger partial charge < -0.3 is 9.47 Å². The zero-order valence-corrected chi connectivity index (χ0v) is 30.7. The molecule has 0 fully saturated rings. The average Bonchev–Trinajstić information content (AvgIpc) is 3.80. The van der Waals surface area contributed by atoms with Gasteiger partial charge in [0.15, 0.2) is 0 Å². The van der Waals surface area contributed by atoms with Crippen LogP contribution in [0.15, 0.2) is 206 Å².